The number of nitrogens with zero attached hydrogens (tertiary/aromatic N) is 2. The Morgan fingerprint density at radius 3 is 2.62 bits per heavy atom. The van der Waals surface area contributed by atoms with E-state index in [4.69, 9.17) is 5.53 Å². The van der Waals surface area contributed by atoms with Crippen molar-refractivity contribution in [1.82, 2.24) is 0 Å². The molecule has 0 aliphatic carbocycles. The highest BCUT2D eigenvalue weighted by molar-refractivity contribution is 9.10. The van der Waals surface area contributed by atoms with E-state index in [9.17, 15) is 4.79 Å². The quantitative estimate of drug-likeness (QED) is 0.264. The highest BCUT2D eigenvalue weighted by atomic mass is 79.9. The molecule has 0 N–H and O–H groups in total. The van der Waals surface area contributed by atoms with E-state index in [0.29, 0.717) is 0 Å². The largest absolute Gasteiger partial charge is 0.361 e. The van der Waals surface area contributed by atoms with Gasteiger partial charge in [-0.25, -0.2) is 0 Å². The fourth-order valence-electron chi connectivity index (χ4n) is 0.160. The molecule has 44 valence electrons. The fourth-order valence-corrected chi connectivity index (χ4v) is 0.278. The van der Waals surface area contributed by atoms with E-state index >= 15 is 0 Å². The molecule has 0 rings (SSSR count). The Hall–Kier alpha value is -0.470. The van der Waals surface area contributed by atoms with Crippen molar-refractivity contribution in [3.8, 4) is 0 Å². The molecule has 0 radical (unpaired) electrons. The first kappa shape index (κ1) is 7.53. The first-order valence-corrected chi connectivity index (χ1v) is 2.95. The first-order chi connectivity index (χ1) is 3.68. The third-order valence-electron chi connectivity index (χ3n) is 0.577. The zero-order valence-electron chi connectivity index (χ0n) is 4.34. The Morgan fingerprint density at radius 2 is 2.50 bits per heavy atom. The first-order valence-electron chi connectivity index (χ1n) is 2.04. The maximum atomic E-state index is 10.4. The molecule has 0 saturated heterocycles. The lowest BCUT2D eigenvalue weighted by Gasteiger charge is -1.85. The molecule has 1 atom stereocenters. The van der Waals surface area contributed by atoms with Gasteiger partial charge < -0.3 is 5.53 Å². The molecule has 0 fully saturated rings. The smallest absolute Gasteiger partial charge is 0.324 e. The van der Waals surface area contributed by atoms with Gasteiger partial charge in [-0.05, 0) is 6.92 Å². The molecule has 0 amide bonds. The molecule has 0 bridgehead atoms. The molecule has 0 aromatic carbocycles. The van der Waals surface area contributed by atoms with Crippen LogP contribution in [0.25, 0.3) is 5.53 Å². The molecule has 4 heteroatoms. The summed E-state index contributed by atoms with van der Waals surface area (Å²) in [4.78, 5) is 12.7. The zero-order chi connectivity index (χ0) is 6.57. The highest BCUT2D eigenvalue weighted by Crippen LogP contribution is 1.94. The van der Waals surface area contributed by atoms with Crippen molar-refractivity contribution >= 4 is 27.9 Å². The second kappa shape index (κ2) is 3.52. The average Bonchev–Trinajstić information content (AvgIpc) is 1.67. The standard InChI is InChI=1S/C4H5BrN2O/c1-3(5)4(8)2-7-6/h2-3H,1H3. The summed E-state index contributed by atoms with van der Waals surface area (Å²) in [6.45, 7) is 1.66. The van der Waals surface area contributed by atoms with E-state index in [1.165, 1.54) is 0 Å². The third-order valence-corrected chi connectivity index (χ3v) is 1.03. The van der Waals surface area contributed by atoms with Gasteiger partial charge in [-0.1, -0.05) is 15.9 Å². The van der Waals surface area contributed by atoms with E-state index < -0.39 is 0 Å². The van der Waals surface area contributed by atoms with Crippen LogP contribution in [0, 0.1) is 0 Å². The van der Waals surface area contributed by atoms with E-state index in [1.54, 1.807) is 6.92 Å². The van der Waals surface area contributed by atoms with Gasteiger partial charge in [0, 0.05) is 0 Å². The molecule has 0 aromatic heterocycles. The fraction of sp³-hybridized carbons (Fsp3) is 0.500. The van der Waals surface area contributed by atoms with E-state index in [0.717, 1.165) is 6.21 Å². The van der Waals surface area contributed by atoms with Gasteiger partial charge in [0.05, 0.1) is 4.83 Å². The molecule has 0 aromatic rings. The van der Waals surface area contributed by atoms with Gasteiger partial charge in [-0.3, -0.25) is 4.79 Å². The van der Waals surface area contributed by atoms with Crippen molar-refractivity contribution < 1.29 is 9.58 Å². The van der Waals surface area contributed by atoms with Crippen LogP contribution in [0.1, 0.15) is 6.92 Å². The van der Waals surface area contributed by atoms with Crippen LogP contribution in [0.15, 0.2) is 0 Å². The predicted octanol–water partition coefficient (Wildman–Crippen LogP) is 0.639. The Labute approximate surface area is 55.4 Å². The van der Waals surface area contributed by atoms with Gasteiger partial charge in [-0.15, -0.1) is 0 Å². The van der Waals surface area contributed by atoms with Crippen LogP contribution in [-0.4, -0.2) is 21.6 Å². The third kappa shape index (κ3) is 2.66. The average molecular weight is 177 g/mol. The number of hydrogen-bond donors (Lipinski definition) is 0. The normalized spacial score (nSPS) is 11.8. The molecule has 0 aliphatic rings. The van der Waals surface area contributed by atoms with Crippen molar-refractivity contribution in [2.75, 3.05) is 0 Å². The summed E-state index contributed by atoms with van der Waals surface area (Å²) in [6, 6.07) is 0. The highest BCUT2D eigenvalue weighted by Gasteiger charge is 2.08. The van der Waals surface area contributed by atoms with Gasteiger partial charge in [0.15, 0.2) is 0 Å². The number of Topliss-reactive ketones (excluding diaryl/α,β-unsaturated/α-hetero) is 1. The molecule has 3 nitrogen and oxygen atoms in total. The monoisotopic (exact) mass is 176 g/mol. The number of halogens is 1. The summed E-state index contributed by atoms with van der Waals surface area (Å²) < 4.78 is 0. The minimum Gasteiger partial charge on any atom is -0.361 e. The van der Waals surface area contributed by atoms with Crippen LogP contribution in [0.5, 0.6) is 0 Å². The van der Waals surface area contributed by atoms with E-state index in [2.05, 4.69) is 20.7 Å². The number of ketones is 1. The lowest BCUT2D eigenvalue weighted by Crippen LogP contribution is -2.10. The minimum absolute atomic E-state index is 0.243. The van der Waals surface area contributed by atoms with Crippen molar-refractivity contribution in [1.29, 1.82) is 0 Å². The predicted molar refractivity (Wildman–Crippen MR) is 33.1 cm³/mol. The van der Waals surface area contributed by atoms with Crippen LogP contribution in [-0.2, 0) is 4.79 Å². The van der Waals surface area contributed by atoms with Gasteiger partial charge in [0.25, 0.3) is 0 Å². The summed E-state index contributed by atoms with van der Waals surface area (Å²) in [5.74, 6) is -0.243. The molecule has 8 heavy (non-hydrogen) atoms. The van der Waals surface area contributed by atoms with Crippen molar-refractivity contribution in [3.63, 3.8) is 0 Å². The van der Waals surface area contributed by atoms with E-state index in [-0.39, 0.29) is 10.6 Å². The molecular weight excluding hydrogens is 172 g/mol. The summed E-state index contributed by atoms with van der Waals surface area (Å²) in [5.41, 5.74) is 7.81. The molecule has 0 spiro atoms. The topological polar surface area (TPSA) is 53.5 Å². The van der Waals surface area contributed by atoms with Crippen molar-refractivity contribution in [3.05, 3.63) is 5.53 Å². The van der Waals surface area contributed by atoms with Gasteiger partial charge >= 0.3 is 6.21 Å². The Morgan fingerprint density at radius 1 is 2.00 bits per heavy atom. The number of alkyl halides is 1. The lowest BCUT2D eigenvalue weighted by atomic mass is 10.3. The molecular formula is C4H5BrN2O. The summed E-state index contributed by atoms with van der Waals surface area (Å²) in [5, 5.41) is 0. The maximum Gasteiger partial charge on any atom is 0.324 e. The van der Waals surface area contributed by atoms with Crippen LogP contribution < -0.4 is 0 Å². The summed E-state index contributed by atoms with van der Waals surface area (Å²) >= 11 is 2.99. The summed E-state index contributed by atoms with van der Waals surface area (Å²) in [7, 11) is 0. The molecule has 0 aliphatic heterocycles. The molecule has 1 unspecified atom stereocenters. The van der Waals surface area contributed by atoms with E-state index in [1.807, 2.05) is 0 Å². The van der Waals surface area contributed by atoms with Crippen LogP contribution in [0.4, 0.5) is 0 Å². The lowest BCUT2D eigenvalue weighted by molar-refractivity contribution is -0.115. The second-order valence-electron chi connectivity index (χ2n) is 1.26. The van der Waals surface area contributed by atoms with Crippen LogP contribution in [0.3, 0.4) is 0 Å². The number of carbonyl (C=O) groups excluding carboxylic acids is 1. The van der Waals surface area contributed by atoms with Gasteiger partial charge in [-0.2, -0.15) is 4.79 Å². The number of carbonyl (C=O) groups is 1. The van der Waals surface area contributed by atoms with Crippen molar-refractivity contribution in [2.45, 2.75) is 11.8 Å². The minimum atomic E-state index is -0.265. The van der Waals surface area contributed by atoms with Gasteiger partial charge in [0.1, 0.15) is 0 Å². The SMILES string of the molecule is CC(Br)C(=O)C=[N+]=[N-]. The zero-order valence-corrected chi connectivity index (χ0v) is 5.92. The number of rotatable bonds is 2. The van der Waals surface area contributed by atoms with Crippen LogP contribution in [0.2, 0.25) is 0 Å². The maximum absolute atomic E-state index is 10.4. The Balaban J connectivity index is 3.84. The Bertz CT molecular complexity index is 137. The van der Waals surface area contributed by atoms with Crippen LogP contribution >= 0.6 is 15.9 Å². The molecule has 0 heterocycles. The Kier molecular flexibility index (Phi) is 3.31. The summed E-state index contributed by atoms with van der Waals surface area (Å²) in [6.07, 6.45) is 0.861. The van der Waals surface area contributed by atoms with Gasteiger partial charge in [0.2, 0.25) is 5.78 Å². The number of hydrogen-bond acceptors (Lipinski definition) is 1. The second-order valence-corrected chi connectivity index (χ2v) is 2.64. The van der Waals surface area contributed by atoms with Crippen molar-refractivity contribution in [2.24, 2.45) is 0 Å². The molecule has 0 saturated carbocycles.